The molecule has 0 spiro atoms. The van der Waals surface area contributed by atoms with Crippen LogP contribution >= 0.6 is 11.3 Å². The Hall–Kier alpha value is -1.31. The van der Waals surface area contributed by atoms with Crippen molar-refractivity contribution in [3.8, 4) is 11.8 Å². The smallest absolute Gasteiger partial charge is 0.265 e. The van der Waals surface area contributed by atoms with Crippen molar-refractivity contribution in [1.29, 1.82) is 0 Å². The van der Waals surface area contributed by atoms with Gasteiger partial charge in [0, 0.05) is 18.2 Å². The summed E-state index contributed by atoms with van der Waals surface area (Å²) in [4.78, 5) is 15.1. The van der Waals surface area contributed by atoms with E-state index in [9.17, 15) is 4.79 Å². The Balaban J connectivity index is 2.21. The summed E-state index contributed by atoms with van der Waals surface area (Å²) in [6, 6.07) is 2.22. The van der Waals surface area contributed by atoms with Crippen LogP contribution in [0, 0.1) is 11.8 Å². The minimum Gasteiger partial charge on any atom is -0.384 e. The second-order valence-corrected chi connectivity index (χ2v) is 5.24. The lowest BCUT2D eigenvalue weighted by Crippen LogP contribution is -2.34. The van der Waals surface area contributed by atoms with Crippen LogP contribution in [-0.2, 0) is 0 Å². The molecule has 0 bridgehead atoms. The van der Waals surface area contributed by atoms with Crippen molar-refractivity contribution in [2.75, 3.05) is 13.2 Å². The molecular weight excluding hydrogens is 246 g/mol. The molecule has 1 N–H and O–H groups in total. The predicted molar refractivity (Wildman–Crippen MR) is 72.6 cm³/mol. The van der Waals surface area contributed by atoms with Gasteiger partial charge >= 0.3 is 0 Å². The number of aliphatic hydroxyl groups is 1. The Morgan fingerprint density at radius 3 is 3.22 bits per heavy atom. The first-order valence-corrected chi connectivity index (χ1v) is 7.14. The fraction of sp³-hybridized carbons (Fsp3) is 0.500. The quantitative estimate of drug-likeness (QED) is 0.830. The van der Waals surface area contributed by atoms with Crippen molar-refractivity contribution in [2.45, 2.75) is 32.2 Å². The molecule has 1 fully saturated rings. The van der Waals surface area contributed by atoms with Gasteiger partial charge in [-0.1, -0.05) is 18.8 Å². The SMILES string of the molecule is CCC1CCCN1C(=O)c1sccc1C#CCO. The zero-order valence-corrected chi connectivity index (χ0v) is 11.3. The van der Waals surface area contributed by atoms with Gasteiger partial charge in [-0.05, 0) is 30.7 Å². The number of hydrogen-bond acceptors (Lipinski definition) is 3. The Morgan fingerprint density at radius 1 is 1.67 bits per heavy atom. The van der Waals surface area contributed by atoms with Gasteiger partial charge in [0.25, 0.3) is 5.91 Å². The number of amides is 1. The summed E-state index contributed by atoms with van der Waals surface area (Å²) >= 11 is 1.43. The van der Waals surface area contributed by atoms with E-state index in [2.05, 4.69) is 18.8 Å². The van der Waals surface area contributed by atoms with Crippen LogP contribution < -0.4 is 0 Å². The van der Waals surface area contributed by atoms with Crippen LogP contribution in [0.15, 0.2) is 11.4 Å². The summed E-state index contributed by atoms with van der Waals surface area (Å²) < 4.78 is 0. The monoisotopic (exact) mass is 263 g/mol. The molecule has 96 valence electrons. The molecule has 4 heteroatoms. The van der Waals surface area contributed by atoms with Crippen molar-refractivity contribution in [3.05, 3.63) is 21.9 Å². The number of aliphatic hydroxyl groups excluding tert-OH is 1. The Bertz CT molecular complexity index is 483. The fourth-order valence-electron chi connectivity index (χ4n) is 2.37. The lowest BCUT2D eigenvalue weighted by Gasteiger charge is -2.23. The van der Waals surface area contributed by atoms with E-state index in [1.165, 1.54) is 11.3 Å². The van der Waals surface area contributed by atoms with Gasteiger partial charge < -0.3 is 10.0 Å². The first-order chi connectivity index (χ1) is 8.77. The van der Waals surface area contributed by atoms with Crippen molar-refractivity contribution in [1.82, 2.24) is 4.90 Å². The highest BCUT2D eigenvalue weighted by Gasteiger charge is 2.29. The number of nitrogens with zero attached hydrogens (tertiary/aromatic N) is 1. The van der Waals surface area contributed by atoms with Crippen LogP contribution in [0.2, 0.25) is 0 Å². The molecule has 1 aliphatic heterocycles. The first kappa shape index (κ1) is 13.1. The average molecular weight is 263 g/mol. The maximum Gasteiger partial charge on any atom is 0.265 e. The minimum absolute atomic E-state index is 0.0941. The highest BCUT2D eigenvalue weighted by Crippen LogP contribution is 2.25. The van der Waals surface area contributed by atoms with Crippen molar-refractivity contribution < 1.29 is 9.90 Å². The molecule has 1 aromatic rings. The number of carbonyl (C=O) groups is 1. The molecule has 1 aliphatic rings. The molecule has 1 saturated heterocycles. The van der Waals surface area contributed by atoms with Gasteiger partial charge in [0.2, 0.25) is 0 Å². The first-order valence-electron chi connectivity index (χ1n) is 6.26. The summed E-state index contributed by atoms with van der Waals surface area (Å²) in [5.74, 6) is 5.54. The Kier molecular flexibility index (Phi) is 4.40. The van der Waals surface area contributed by atoms with Crippen LogP contribution in [-0.4, -0.2) is 35.1 Å². The molecule has 1 aromatic heterocycles. The summed E-state index contributed by atoms with van der Waals surface area (Å²) in [5, 5.41) is 10.6. The summed E-state index contributed by atoms with van der Waals surface area (Å²) in [5.41, 5.74) is 0.737. The van der Waals surface area contributed by atoms with E-state index in [0.29, 0.717) is 10.9 Å². The van der Waals surface area contributed by atoms with E-state index in [1.807, 2.05) is 16.3 Å². The lowest BCUT2D eigenvalue weighted by molar-refractivity contribution is 0.0738. The van der Waals surface area contributed by atoms with Crippen molar-refractivity contribution >= 4 is 17.2 Å². The Labute approximate surface area is 111 Å². The molecule has 2 heterocycles. The third-order valence-electron chi connectivity index (χ3n) is 3.27. The molecule has 1 unspecified atom stereocenters. The third kappa shape index (κ3) is 2.58. The van der Waals surface area contributed by atoms with E-state index in [1.54, 1.807) is 0 Å². The lowest BCUT2D eigenvalue weighted by atomic mass is 10.1. The van der Waals surface area contributed by atoms with E-state index in [4.69, 9.17) is 5.11 Å². The molecule has 0 aromatic carbocycles. The van der Waals surface area contributed by atoms with Crippen LogP contribution in [0.3, 0.4) is 0 Å². The third-order valence-corrected chi connectivity index (χ3v) is 4.17. The molecule has 1 amide bonds. The number of likely N-dealkylation sites (tertiary alicyclic amines) is 1. The van der Waals surface area contributed by atoms with Gasteiger partial charge in [0.1, 0.15) is 11.5 Å². The zero-order chi connectivity index (χ0) is 13.0. The molecular formula is C14H17NO2S. The topological polar surface area (TPSA) is 40.5 Å². The Morgan fingerprint density at radius 2 is 2.50 bits per heavy atom. The minimum atomic E-state index is -0.176. The molecule has 3 nitrogen and oxygen atoms in total. The number of hydrogen-bond donors (Lipinski definition) is 1. The molecule has 1 atom stereocenters. The van der Waals surface area contributed by atoms with Gasteiger partial charge in [-0.25, -0.2) is 0 Å². The molecule has 0 aliphatic carbocycles. The number of rotatable bonds is 2. The molecule has 18 heavy (non-hydrogen) atoms. The zero-order valence-electron chi connectivity index (χ0n) is 10.5. The van der Waals surface area contributed by atoms with Gasteiger partial charge in [0.15, 0.2) is 0 Å². The maximum absolute atomic E-state index is 12.5. The summed E-state index contributed by atoms with van der Waals surface area (Å²) in [7, 11) is 0. The van der Waals surface area contributed by atoms with E-state index < -0.39 is 0 Å². The van der Waals surface area contributed by atoms with Crippen LogP contribution in [0.4, 0.5) is 0 Å². The van der Waals surface area contributed by atoms with E-state index in [0.717, 1.165) is 31.4 Å². The predicted octanol–water partition coefficient (Wildman–Crippen LogP) is 2.11. The number of carbonyl (C=O) groups excluding carboxylic acids is 1. The molecule has 0 saturated carbocycles. The van der Waals surface area contributed by atoms with Crippen molar-refractivity contribution in [3.63, 3.8) is 0 Å². The van der Waals surface area contributed by atoms with Crippen molar-refractivity contribution in [2.24, 2.45) is 0 Å². The highest BCUT2D eigenvalue weighted by atomic mass is 32.1. The standard InChI is InChI=1S/C14H17NO2S/c1-2-12-6-3-8-15(12)14(17)13-11(5-4-9-16)7-10-18-13/h7,10,12,16H,2-3,6,8-9H2,1H3. The molecule has 0 radical (unpaired) electrons. The van der Waals surface area contributed by atoms with Gasteiger partial charge in [-0.3, -0.25) is 4.79 Å². The fourth-order valence-corrected chi connectivity index (χ4v) is 3.17. The van der Waals surface area contributed by atoms with Gasteiger partial charge in [-0.15, -0.1) is 11.3 Å². The van der Waals surface area contributed by atoms with Crippen LogP contribution in [0.5, 0.6) is 0 Å². The van der Waals surface area contributed by atoms with Gasteiger partial charge in [-0.2, -0.15) is 0 Å². The van der Waals surface area contributed by atoms with E-state index in [-0.39, 0.29) is 12.5 Å². The van der Waals surface area contributed by atoms with Crippen LogP contribution in [0.25, 0.3) is 0 Å². The number of thiophene rings is 1. The largest absolute Gasteiger partial charge is 0.384 e. The average Bonchev–Trinajstić information content (AvgIpc) is 3.03. The second kappa shape index (κ2) is 6.03. The summed E-state index contributed by atoms with van der Waals surface area (Å²) in [6.45, 7) is 2.80. The van der Waals surface area contributed by atoms with Gasteiger partial charge in [0.05, 0.1) is 0 Å². The summed E-state index contributed by atoms with van der Waals surface area (Å²) in [6.07, 6.45) is 3.20. The van der Waals surface area contributed by atoms with E-state index >= 15 is 0 Å². The maximum atomic E-state index is 12.5. The van der Waals surface area contributed by atoms with Crippen LogP contribution in [0.1, 0.15) is 41.4 Å². The highest BCUT2D eigenvalue weighted by molar-refractivity contribution is 7.12. The normalized spacial score (nSPS) is 18.6. The second-order valence-electron chi connectivity index (χ2n) is 4.33. The molecule has 2 rings (SSSR count).